The van der Waals surface area contributed by atoms with Crippen LogP contribution in [0.3, 0.4) is 0 Å². The molecule has 0 radical (unpaired) electrons. The van der Waals surface area contributed by atoms with Crippen LogP contribution in [-0.4, -0.2) is 24.2 Å². The zero-order valence-corrected chi connectivity index (χ0v) is 13.4. The lowest BCUT2D eigenvalue weighted by Crippen LogP contribution is -2.15. The molecule has 116 valence electrons. The standard InChI is InChI=1S/C18H22N2O2/c1-11-17(21)15-7-5-4-6-12-10-13(20(2)3)8-9-14(12)16(15)19-18(11)22/h8-10H,4-7H2,1-3H3,(H2,19,21,22). The fourth-order valence-electron chi connectivity index (χ4n) is 3.13. The van der Waals surface area contributed by atoms with Crippen LogP contribution in [0.1, 0.15) is 29.5 Å². The van der Waals surface area contributed by atoms with Crippen molar-refractivity contribution in [3.63, 3.8) is 0 Å². The Bertz CT molecular complexity index is 775. The first-order valence-corrected chi connectivity index (χ1v) is 7.74. The monoisotopic (exact) mass is 298 g/mol. The minimum atomic E-state index is -0.209. The molecule has 2 aromatic rings. The highest BCUT2D eigenvalue weighted by Gasteiger charge is 2.20. The number of nitrogens with one attached hydrogen (secondary N) is 1. The molecule has 0 aliphatic heterocycles. The van der Waals surface area contributed by atoms with Gasteiger partial charge in [0.1, 0.15) is 5.75 Å². The molecule has 0 unspecified atom stereocenters. The van der Waals surface area contributed by atoms with Crippen LogP contribution in [0.2, 0.25) is 0 Å². The topological polar surface area (TPSA) is 56.3 Å². The van der Waals surface area contributed by atoms with Crippen LogP contribution < -0.4 is 10.5 Å². The molecule has 0 saturated carbocycles. The molecule has 1 heterocycles. The second-order valence-corrected chi connectivity index (χ2v) is 6.22. The molecule has 22 heavy (non-hydrogen) atoms. The zero-order valence-electron chi connectivity index (χ0n) is 13.4. The van der Waals surface area contributed by atoms with Crippen molar-refractivity contribution in [1.82, 2.24) is 4.98 Å². The lowest BCUT2D eigenvalue weighted by atomic mass is 9.89. The van der Waals surface area contributed by atoms with Crippen molar-refractivity contribution in [3.05, 3.63) is 45.2 Å². The van der Waals surface area contributed by atoms with Gasteiger partial charge in [0.05, 0.1) is 11.3 Å². The molecule has 3 rings (SSSR count). The van der Waals surface area contributed by atoms with Gasteiger partial charge in [0.25, 0.3) is 5.56 Å². The van der Waals surface area contributed by atoms with E-state index >= 15 is 0 Å². The number of aryl methyl sites for hydroxylation is 1. The van der Waals surface area contributed by atoms with Gasteiger partial charge in [0.2, 0.25) is 0 Å². The van der Waals surface area contributed by atoms with Crippen LogP contribution in [0, 0.1) is 6.92 Å². The van der Waals surface area contributed by atoms with Crippen molar-refractivity contribution in [2.24, 2.45) is 0 Å². The summed E-state index contributed by atoms with van der Waals surface area (Å²) in [4.78, 5) is 17.1. The summed E-state index contributed by atoms with van der Waals surface area (Å²) in [7, 11) is 4.05. The molecule has 0 bridgehead atoms. The van der Waals surface area contributed by atoms with E-state index in [0.717, 1.165) is 48.2 Å². The van der Waals surface area contributed by atoms with Crippen LogP contribution in [0.15, 0.2) is 23.0 Å². The number of aromatic amines is 1. The smallest absolute Gasteiger partial charge is 0.255 e. The van der Waals surface area contributed by atoms with E-state index in [1.54, 1.807) is 6.92 Å². The van der Waals surface area contributed by atoms with Crippen LogP contribution in [-0.2, 0) is 12.8 Å². The first-order chi connectivity index (χ1) is 10.5. The number of hydrogen-bond donors (Lipinski definition) is 2. The molecule has 0 saturated heterocycles. The molecule has 1 aromatic heterocycles. The summed E-state index contributed by atoms with van der Waals surface area (Å²) in [6.45, 7) is 1.67. The molecule has 0 atom stereocenters. The summed E-state index contributed by atoms with van der Waals surface area (Å²) in [6, 6.07) is 6.29. The fourth-order valence-corrected chi connectivity index (χ4v) is 3.13. The zero-order chi connectivity index (χ0) is 15.9. The van der Waals surface area contributed by atoms with E-state index in [9.17, 15) is 9.90 Å². The van der Waals surface area contributed by atoms with E-state index in [-0.39, 0.29) is 11.3 Å². The number of pyridine rings is 1. The molecular formula is C18H22N2O2. The highest BCUT2D eigenvalue weighted by Crippen LogP contribution is 2.36. The minimum Gasteiger partial charge on any atom is -0.507 e. The Labute approximate surface area is 130 Å². The Hall–Kier alpha value is -2.23. The molecule has 1 aromatic carbocycles. The third kappa shape index (κ3) is 2.39. The van der Waals surface area contributed by atoms with E-state index in [2.05, 4.69) is 28.1 Å². The van der Waals surface area contributed by atoms with Gasteiger partial charge in [-0.25, -0.2) is 0 Å². The lowest BCUT2D eigenvalue weighted by Gasteiger charge is -2.21. The number of aromatic hydroxyl groups is 1. The van der Waals surface area contributed by atoms with Crippen LogP contribution in [0.25, 0.3) is 11.3 Å². The van der Waals surface area contributed by atoms with Crippen LogP contribution in [0.4, 0.5) is 5.69 Å². The van der Waals surface area contributed by atoms with Crippen molar-refractivity contribution in [2.75, 3.05) is 19.0 Å². The summed E-state index contributed by atoms with van der Waals surface area (Å²) in [6.07, 6.45) is 3.89. The Balaban J connectivity index is 2.27. The van der Waals surface area contributed by atoms with Gasteiger partial charge < -0.3 is 15.0 Å². The summed E-state index contributed by atoms with van der Waals surface area (Å²) in [5.41, 5.74) is 5.27. The number of aromatic nitrogens is 1. The van der Waals surface area contributed by atoms with Crippen molar-refractivity contribution < 1.29 is 5.11 Å². The number of rotatable bonds is 1. The molecule has 1 aliphatic rings. The Kier molecular flexibility index (Phi) is 3.69. The van der Waals surface area contributed by atoms with Gasteiger partial charge in [-0.3, -0.25) is 4.79 Å². The second kappa shape index (κ2) is 5.52. The summed E-state index contributed by atoms with van der Waals surface area (Å²) >= 11 is 0. The molecule has 2 N–H and O–H groups in total. The number of fused-ring (bicyclic) bond motifs is 3. The van der Waals surface area contributed by atoms with Gasteiger partial charge in [0, 0.05) is 30.9 Å². The third-order valence-corrected chi connectivity index (χ3v) is 4.52. The highest BCUT2D eigenvalue weighted by molar-refractivity contribution is 5.72. The molecule has 0 spiro atoms. The maximum Gasteiger partial charge on any atom is 0.255 e. The third-order valence-electron chi connectivity index (χ3n) is 4.52. The van der Waals surface area contributed by atoms with Gasteiger partial charge in [0.15, 0.2) is 0 Å². The largest absolute Gasteiger partial charge is 0.507 e. The number of hydrogen-bond acceptors (Lipinski definition) is 3. The predicted molar refractivity (Wildman–Crippen MR) is 89.9 cm³/mol. The predicted octanol–water partition coefficient (Wildman–Crippen LogP) is 3.00. The second-order valence-electron chi connectivity index (χ2n) is 6.22. The van der Waals surface area contributed by atoms with Gasteiger partial charge in [-0.2, -0.15) is 0 Å². The Morgan fingerprint density at radius 3 is 2.64 bits per heavy atom. The van der Waals surface area contributed by atoms with E-state index in [0.29, 0.717) is 5.56 Å². The van der Waals surface area contributed by atoms with Crippen molar-refractivity contribution in [2.45, 2.75) is 32.6 Å². The normalized spacial score (nSPS) is 13.8. The molecule has 0 amide bonds. The molecule has 4 heteroatoms. The molecule has 4 nitrogen and oxygen atoms in total. The van der Waals surface area contributed by atoms with Gasteiger partial charge >= 0.3 is 0 Å². The van der Waals surface area contributed by atoms with Crippen molar-refractivity contribution in [1.29, 1.82) is 0 Å². The summed E-state index contributed by atoms with van der Waals surface area (Å²) < 4.78 is 0. The summed E-state index contributed by atoms with van der Waals surface area (Å²) in [5, 5.41) is 10.4. The quantitative estimate of drug-likeness (QED) is 0.851. The molecular weight excluding hydrogens is 276 g/mol. The minimum absolute atomic E-state index is 0.156. The van der Waals surface area contributed by atoms with E-state index in [1.807, 2.05) is 14.1 Å². The maximum absolute atomic E-state index is 12.1. The highest BCUT2D eigenvalue weighted by atomic mass is 16.3. The van der Waals surface area contributed by atoms with E-state index in [1.165, 1.54) is 5.56 Å². The first-order valence-electron chi connectivity index (χ1n) is 7.74. The Morgan fingerprint density at radius 1 is 1.18 bits per heavy atom. The van der Waals surface area contributed by atoms with Crippen molar-refractivity contribution in [3.8, 4) is 17.0 Å². The average Bonchev–Trinajstić information content (AvgIpc) is 2.48. The van der Waals surface area contributed by atoms with Crippen molar-refractivity contribution >= 4 is 5.69 Å². The van der Waals surface area contributed by atoms with Gasteiger partial charge in [-0.1, -0.05) is 6.07 Å². The summed E-state index contributed by atoms with van der Waals surface area (Å²) in [5.74, 6) is 0.156. The molecule has 1 aliphatic carbocycles. The lowest BCUT2D eigenvalue weighted by molar-refractivity contribution is 0.460. The first kappa shape index (κ1) is 14.7. The number of nitrogens with zero attached hydrogens (tertiary/aromatic N) is 1. The average molecular weight is 298 g/mol. The maximum atomic E-state index is 12.1. The number of H-pyrrole nitrogens is 1. The number of benzene rings is 1. The van der Waals surface area contributed by atoms with E-state index in [4.69, 9.17) is 0 Å². The number of anilines is 1. The van der Waals surface area contributed by atoms with Crippen LogP contribution >= 0.6 is 0 Å². The Morgan fingerprint density at radius 2 is 1.91 bits per heavy atom. The van der Waals surface area contributed by atoms with Crippen LogP contribution in [0.5, 0.6) is 5.75 Å². The van der Waals surface area contributed by atoms with E-state index < -0.39 is 0 Å². The fraction of sp³-hybridized carbons (Fsp3) is 0.389. The van der Waals surface area contributed by atoms with Gasteiger partial charge in [-0.15, -0.1) is 0 Å². The SMILES string of the molecule is Cc1c(O)c2c([nH]c1=O)-c1ccc(N(C)C)cc1CCCC2. The van der Waals surface area contributed by atoms with Gasteiger partial charge in [-0.05, 0) is 50.3 Å². The molecule has 0 fully saturated rings.